The van der Waals surface area contributed by atoms with E-state index in [0.717, 1.165) is 29.9 Å². The highest BCUT2D eigenvalue weighted by Gasteiger charge is 2.13. The molecule has 1 N–H and O–H groups in total. The molecular formula is C12H16BrNO. The van der Waals surface area contributed by atoms with E-state index in [1.165, 1.54) is 12.8 Å². The Kier molecular flexibility index (Phi) is 4.03. The number of hydrogen-bond acceptors (Lipinski definition) is 2. The first-order chi connectivity index (χ1) is 7.34. The normalized spacial score (nSPS) is 21.3. The minimum atomic E-state index is 0.665. The molecule has 1 heterocycles. The average Bonchev–Trinajstić information content (AvgIpc) is 2.28. The maximum absolute atomic E-state index is 5.76. The van der Waals surface area contributed by atoms with Crippen molar-refractivity contribution < 1.29 is 4.74 Å². The molecule has 0 radical (unpaired) electrons. The van der Waals surface area contributed by atoms with Crippen LogP contribution < -0.4 is 10.1 Å². The maximum atomic E-state index is 5.76. The second-order valence-corrected chi connectivity index (χ2v) is 4.90. The van der Waals surface area contributed by atoms with Gasteiger partial charge in [0.25, 0.3) is 0 Å². The molecular weight excluding hydrogens is 254 g/mol. The first-order valence-corrected chi connectivity index (χ1v) is 6.23. The molecule has 0 aliphatic carbocycles. The van der Waals surface area contributed by atoms with Gasteiger partial charge in [-0.3, -0.25) is 0 Å². The summed E-state index contributed by atoms with van der Waals surface area (Å²) in [5.41, 5.74) is 0. The third-order valence-electron chi connectivity index (χ3n) is 2.68. The minimum Gasteiger partial charge on any atom is -0.493 e. The van der Waals surface area contributed by atoms with Gasteiger partial charge in [0.05, 0.1) is 6.61 Å². The molecule has 0 spiro atoms. The first-order valence-electron chi connectivity index (χ1n) is 5.44. The Morgan fingerprint density at radius 3 is 3.13 bits per heavy atom. The monoisotopic (exact) mass is 269 g/mol. The fourth-order valence-corrected chi connectivity index (χ4v) is 2.22. The molecule has 1 fully saturated rings. The summed E-state index contributed by atoms with van der Waals surface area (Å²) in [6.45, 7) is 3.07. The fourth-order valence-electron chi connectivity index (χ4n) is 1.84. The van der Waals surface area contributed by atoms with Gasteiger partial charge in [0.1, 0.15) is 5.75 Å². The summed E-state index contributed by atoms with van der Waals surface area (Å²) in [5, 5.41) is 3.39. The Labute approximate surface area is 99.1 Å². The van der Waals surface area contributed by atoms with E-state index in [0.29, 0.717) is 5.92 Å². The summed E-state index contributed by atoms with van der Waals surface area (Å²) < 4.78 is 6.83. The van der Waals surface area contributed by atoms with Crippen LogP contribution in [0.4, 0.5) is 0 Å². The number of piperidine rings is 1. The zero-order valence-electron chi connectivity index (χ0n) is 8.71. The Morgan fingerprint density at radius 2 is 2.40 bits per heavy atom. The van der Waals surface area contributed by atoms with E-state index in [1.54, 1.807) is 0 Å². The van der Waals surface area contributed by atoms with Crippen LogP contribution in [0.15, 0.2) is 28.7 Å². The molecule has 0 bridgehead atoms. The number of benzene rings is 1. The number of halogens is 1. The van der Waals surface area contributed by atoms with Crippen LogP contribution in [0.3, 0.4) is 0 Å². The summed E-state index contributed by atoms with van der Waals surface area (Å²) >= 11 is 3.44. The Bertz CT molecular complexity index is 310. The molecule has 1 aliphatic heterocycles. The number of nitrogens with one attached hydrogen (secondary N) is 1. The summed E-state index contributed by atoms with van der Waals surface area (Å²) in [6, 6.07) is 8.02. The van der Waals surface area contributed by atoms with E-state index < -0.39 is 0 Å². The number of ether oxygens (including phenoxy) is 1. The maximum Gasteiger partial charge on any atom is 0.120 e. The molecule has 15 heavy (non-hydrogen) atoms. The fraction of sp³-hybridized carbons (Fsp3) is 0.500. The second kappa shape index (κ2) is 5.52. The lowest BCUT2D eigenvalue weighted by Crippen LogP contribution is -2.33. The zero-order valence-corrected chi connectivity index (χ0v) is 10.3. The largest absolute Gasteiger partial charge is 0.493 e. The highest BCUT2D eigenvalue weighted by atomic mass is 79.9. The molecule has 0 saturated carbocycles. The van der Waals surface area contributed by atoms with E-state index in [4.69, 9.17) is 4.74 Å². The minimum absolute atomic E-state index is 0.665. The van der Waals surface area contributed by atoms with Gasteiger partial charge in [0.15, 0.2) is 0 Å². The molecule has 3 heteroatoms. The van der Waals surface area contributed by atoms with Crippen molar-refractivity contribution >= 4 is 15.9 Å². The topological polar surface area (TPSA) is 21.3 Å². The van der Waals surface area contributed by atoms with Crippen molar-refractivity contribution in [2.45, 2.75) is 12.8 Å². The standard InChI is InChI=1S/C12H16BrNO/c13-11-4-1-5-12(7-11)15-9-10-3-2-6-14-8-10/h1,4-5,7,10,14H,2-3,6,8-9H2/t10-/m0/s1. The van der Waals surface area contributed by atoms with Crippen LogP contribution >= 0.6 is 15.9 Å². The molecule has 1 saturated heterocycles. The van der Waals surface area contributed by atoms with Crippen molar-refractivity contribution in [3.63, 3.8) is 0 Å². The van der Waals surface area contributed by atoms with Crippen LogP contribution in [0.2, 0.25) is 0 Å². The van der Waals surface area contributed by atoms with Crippen LogP contribution in [-0.2, 0) is 0 Å². The Hall–Kier alpha value is -0.540. The molecule has 1 atom stereocenters. The van der Waals surface area contributed by atoms with Crippen LogP contribution in [0.5, 0.6) is 5.75 Å². The summed E-state index contributed by atoms with van der Waals surface area (Å²) in [6.07, 6.45) is 2.55. The van der Waals surface area contributed by atoms with Gasteiger partial charge in [-0.25, -0.2) is 0 Å². The predicted molar refractivity (Wildman–Crippen MR) is 65.2 cm³/mol. The van der Waals surface area contributed by atoms with Crippen LogP contribution in [-0.4, -0.2) is 19.7 Å². The molecule has 2 rings (SSSR count). The number of hydrogen-bond donors (Lipinski definition) is 1. The van der Waals surface area contributed by atoms with Crippen molar-refractivity contribution in [1.82, 2.24) is 5.32 Å². The lowest BCUT2D eigenvalue weighted by Gasteiger charge is -2.22. The smallest absolute Gasteiger partial charge is 0.120 e. The SMILES string of the molecule is Brc1cccc(OC[C@H]2CCCNC2)c1. The van der Waals surface area contributed by atoms with Gasteiger partial charge < -0.3 is 10.1 Å². The Balaban J connectivity index is 1.81. The van der Waals surface area contributed by atoms with Crippen molar-refractivity contribution in [1.29, 1.82) is 0 Å². The van der Waals surface area contributed by atoms with Crippen LogP contribution in [0.25, 0.3) is 0 Å². The van der Waals surface area contributed by atoms with E-state index in [-0.39, 0.29) is 0 Å². The van der Waals surface area contributed by atoms with Crippen molar-refractivity contribution in [3.05, 3.63) is 28.7 Å². The molecule has 1 aromatic rings. The van der Waals surface area contributed by atoms with Gasteiger partial charge in [0, 0.05) is 16.9 Å². The molecule has 82 valence electrons. The average molecular weight is 270 g/mol. The van der Waals surface area contributed by atoms with Gasteiger partial charge in [-0.05, 0) is 37.6 Å². The summed E-state index contributed by atoms with van der Waals surface area (Å²) in [5.74, 6) is 1.62. The Morgan fingerprint density at radius 1 is 1.47 bits per heavy atom. The van der Waals surface area contributed by atoms with E-state index in [9.17, 15) is 0 Å². The molecule has 2 nitrogen and oxygen atoms in total. The summed E-state index contributed by atoms with van der Waals surface area (Å²) in [4.78, 5) is 0. The molecule has 0 aromatic heterocycles. The van der Waals surface area contributed by atoms with Gasteiger partial charge in [-0.1, -0.05) is 22.0 Å². The molecule has 0 amide bonds. The lowest BCUT2D eigenvalue weighted by atomic mass is 10.0. The van der Waals surface area contributed by atoms with Gasteiger partial charge in [-0.2, -0.15) is 0 Å². The highest BCUT2D eigenvalue weighted by Crippen LogP contribution is 2.19. The van der Waals surface area contributed by atoms with E-state index in [2.05, 4.69) is 21.2 Å². The van der Waals surface area contributed by atoms with E-state index in [1.807, 2.05) is 24.3 Å². The second-order valence-electron chi connectivity index (χ2n) is 3.98. The third-order valence-corrected chi connectivity index (χ3v) is 3.17. The number of rotatable bonds is 3. The van der Waals surface area contributed by atoms with Gasteiger partial charge in [-0.15, -0.1) is 0 Å². The highest BCUT2D eigenvalue weighted by molar-refractivity contribution is 9.10. The summed E-state index contributed by atoms with van der Waals surface area (Å²) in [7, 11) is 0. The molecule has 1 aliphatic rings. The van der Waals surface area contributed by atoms with Gasteiger partial charge in [0.2, 0.25) is 0 Å². The van der Waals surface area contributed by atoms with E-state index >= 15 is 0 Å². The van der Waals surface area contributed by atoms with Gasteiger partial charge >= 0.3 is 0 Å². The third kappa shape index (κ3) is 3.50. The predicted octanol–water partition coefficient (Wildman–Crippen LogP) is 2.83. The van der Waals surface area contributed by atoms with Crippen LogP contribution in [0.1, 0.15) is 12.8 Å². The zero-order chi connectivity index (χ0) is 10.5. The first kappa shape index (κ1) is 11.0. The van der Waals surface area contributed by atoms with Crippen molar-refractivity contribution in [3.8, 4) is 5.75 Å². The van der Waals surface area contributed by atoms with Crippen molar-refractivity contribution in [2.24, 2.45) is 5.92 Å². The quantitative estimate of drug-likeness (QED) is 0.911. The van der Waals surface area contributed by atoms with Crippen molar-refractivity contribution in [2.75, 3.05) is 19.7 Å². The van der Waals surface area contributed by atoms with Crippen LogP contribution in [0, 0.1) is 5.92 Å². The lowest BCUT2D eigenvalue weighted by molar-refractivity contribution is 0.218. The molecule has 1 aromatic carbocycles. The molecule has 0 unspecified atom stereocenters.